The fourth-order valence-corrected chi connectivity index (χ4v) is 9.78. The van der Waals surface area contributed by atoms with Crippen LogP contribution in [0.3, 0.4) is 0 Å². The van der Waals surface area contributed by atoms with Crippen LogP contribution in [0.2, 0.25) is 0 Å². The summed E-state index contributed by atoms with van der Waals surface area (Å²) in [5.74, 6) is 0.505. The smallest absolute Gasteiger partial charge is 0.222 e. The second kappa shape index (κ2) is 14.2. The number of amides is 1. The Hall–Kier alpha value is -4.17. The maximum atomic E-state index is 14.3. The van der Waals surface area contributed by atoms with Gasteiger partial charge in [-0.15, -0.1) is 0 Å². The van der Waals surface area contributed by atoms with Gasteiger partial charge in [-0.2, -0.15) is 0 Å². The fourth-order valence-electron chi connectivity index (χ4n) is 9.78. The first kappa shape index (κ1) is 34.3. The van der Waals surface area contributed by atoms with Crippen LogP contribution < -0.4 is 9.47 Å². The first-order valence-electron chi connectivity index (χ1n) is 18.2. The first-order valence-corrected chi connectivity index (χ1v) is 18.2. The molecule has 0 radical (unpaired) electrons. The molecule has 7 rings (SSSR count). The summed E-state index contributed by atoms with van der Waals surface area (Å²) in [4.78, 5) is 16.3. The van der Waals surface area contributed by atoms with Crippen molar-refractivity contribution in [1.82, 2.24) is 4.90 Å². The van der Waals surface area contributed by atoms with E-state index in [4.69, 9.17) is 9.47 Å². The number of carbonyl (C=O) groups is 1. The minimum atomic E-state index is -1.69. The van der Waals surface area contributed by atoms with Crippen molar-refractivity contribution in [2.75, 3.05) is 46.9 Å². The fraction of sp³-hybridized carbons (Fsp3) is 0.419. The van der Waals surface area contributed by atoms with E-state index in [0.717, 1.165) is 48.2 Å². The second-order valence-corrected chi connectivity index (χ2v) is 14.8. The predicted octanol–water partition coefficient (Wildman–Crippen LogP) is 6.31. The summed E-state index contributed by atoms with van der Waals surface area (Å²) in [5, 5.41) is 25.4. The molecule has 7 heteroatoms. The summed E-state index contributed by atoms with van der Waals surface area (Å²) in [6.45, 7) is 5.11. The van der Waals surface area contributed by atoms with E-state index < -0.39 is 23.0 Å². The molecule has 0 aromatic heterocycles. The molecular formula is C43H51N2O5+. The van der Waals surface area contributed by atoms with Gasteiger partial charge in [0.2, 0.25) is 5.91 Å². The average Bonchev–Trinajstić information content (AvgIpc) is 3.83. The van der Waals surface area contributed by atoms with Crippen molar-refractivity contribution in [3.8, 4) is 11.5 Å². The zero-order valence-electron chi connectivity index (χ0n) is 29.4. The van der Waals surface area contributed by atoms with E-state index in [2.05, 4.69) is 54.6 Å². The van der Waals surface area contributed by atoms with Crippen LogP contribution in [0.4, 0.5) is 0 Å². The maximum Gasteiger partial charge on any atom is 0.222 e. The number of nitrogens with zero attached hydrogens (tertiary/aromatic N) is 2. The summed E-state index contributed by atoms with van der Waals surface area (Å²) >= 11 is 0. The number of aliphatic hydroxyl groups excluding tert-OH is 1. The highest BCUT2D eigenvalue weighted by molar-refractivity contribution is 5.76. The minimum absolute atomic E-state index is 0.112. The lowest BCUT2D eigenvalue weighted by molar-refractivity contribution is -0.929. The number of carbonyl (C=O) groups excluding carboxylic acids is 1. The number of likely N-dealkylation sites (tertiary alicyclic amines) is 2. The van der Waals surface area contributed by atoms with Gasteiger partial charge < -0.3 is 29.1 Å². The van der Waals surface area contributed by atoms with Crippen LogP contribution in [0.1, 0.15) is 54.4 Å². The second-order valence-electron chi connectivity index (χ2n) is 14.8. The van der Waals surface area contributed by atoms with Crippen molar-refractivity contribution in [1.29, 1.82) is 0 Å². The number of benzene rings is 4. The molecule has 2 heterocycles. The monoisotopic (exact) mass is 675 g/mol. The quantitative estimate of drug-likeness (QED) is 0.182. The third kappa shape index (κ3) is 6.10. The number of methoxy groups -OCH3 is 2. The van der Waals surface area contributed by atoms with E-state index in [0.29, 0.717) is 36.6 Å². The molecule has 4 aromatic carbocycles. The molecule has 1 aliphatic carbocycles. The number of hydrogen-bond donors (Lipinski definition) is 2. The van der Waals surface area contributed by atoms with Crippen LogP contribution >= 0.6 is 0 Å². The molecular weight excluding hydrogens is 624 g/mol. The third-order valence-electron chi connectivity index (χ3n) is 12.2. The summed E-state index contributed by atoms with van der Waals surface area (Å²) in [6.07, 6.45) is 2.86. The molecule has 2 saturated heterocycles. The highest BCUT2D eigenvalue weighted by atomic mass is 16.5. The largest absolute Gasteiger partial charge is 0.497 e. The Morgan fingerprint density at radius 2 is 1.42 bits per heavy atom. The highest BCUT2D eigenvalue weighted by Crippen LogP contribution is 2.60. The van der Waals surface area contributed by atoms with Gasteiger partial charge in [0.05, 0.1) is 40.0 Å². The molecule has 4 aromatic rings. The standard InChI is InChI=1S/C43H51N2O5/c1-49-35-22-23-39(50-2)36(27-35)43(48)38-30-44(41(47)21-14-26-45(24-12-13-25-45)31-32-15-6-3-7-16-32)29-37(38)42(28-40(43)46,33-17-8-4-9-18-33)34-19-10-5-11-20-34/h3-11,15-20,22-23,27,37-38,40,46,48H,12-14,21,24-26,28-31H2,1-2H3/q+1. The summed E-state index contributed by atoms with van der Waals surface area (Å²) in [7, 11) is 3.17. The number of fused-ring (bicyclic) bond motifs is 1. The van der Waals surface area contributed by atoms with Crippen LogP contribution in [0.5, 0.6) is 11.5 Å². The van der Waals surface area contributed by atoms with Gasteiger partial charge in [0.1, 0.15) is 23.6 Å². The summed E-state index contributed by atoms with van der Waals surface area (Å²) in [6, 6.07) is 36.8. The molecule has 2 N–H and O–H groups in total. The van der Waals surface area contributed by atoms with Crippen molar-refractivity contribution in [3.63, 3.8) is 0 Å². The van der Waals surface area contributed by atoms with Gasteiger partial charge in [-0.25, -0.2) is 0 Å². The van der Waals surface area contributed by atoms with Gasteiger partial charge in [-0.05, 0) is 41.7 Å². The molecule has 1 saturated carbocycles. The molecule has 50 heavy (non-hydrogen) atoms. The van der Waals surface area contributed by atoms with Crippen LogP contribution in [-0.2, 0) is 22.4 Å². The topological polar surface area (TPSA) is 79.2 Å². The molecule has 3 fully saturated rings. The van der Waals surface area contributed by atoms with Crippen molar-refractivity contribution in [3.05, 3.63) is 131 Å². The predicted molar refractivity (Wildman–Crippen MR) is 195 cm³/mol. The van der Waals surface area contributed by atoms with Crippen LogP contribution in [0.15, 0.2) is 109 Å². The molecule has 0 spiro atoms. The highest BCUT2D eigenvalue weighted by Gasteiger charge is 2.65. The van der Waals surface area contributed by atoms with Gasteiger partial charge in [0.25, 0.3) is 0 Å². The van der Waals surface area contributed by atoms with Crippen molar-refractivity contribution >= 4 is 5.91 Å². The number of hydrogen-bond acceptors (Lipinski definition) is 5. The van der Waals surface area contributed by atoms with Gasteiger partial charge >= 0.3 is 0 Å². The van der Waals surface area contributed by atoms with E-state index >= 15 is 0 Å². The Balaban J connectivity index is 1.23. The van der Waals surface area contributed by atoms with E-state index in [1.54, 1.807) is 32.4 Å². The molecule has 2 aliphatic heterocycles. The molecule has 3 aliphatic rings. The Morgan fingerprint density at radius 1 is 0.820 bits per heavy atom. The van der Waals surface area contributed by atoms with Gasteiger partial charge in [-0.1, -0.05) is 91.0 Å². The van der Waals surface area contributed by atoms with Crippen LogP contribution in [0.25, 0.3) is 0 Å². The molecule has 7 nitrogen and oxygen atoms in total. The lowest BCUT2D eigenvalue weighted by Gasteiger charge is -2.55. The van der Waals surface area contributed by atoms with E-state index in [1.807, 2.05) is 41.3 Å². The minimum Gasteiger partial charge on any atom is -0.497 e. The van der Waals surface area contributed by atoms with Crippen molar-refractivity contribution in [2.45, 2.75) is 55.8 Å². The molecule has 4 atom stereocenters. The first-order chi connectivity index (χ1) is 24.3. The number of rotatable bonds is 11. The zero-order chi connectivity index (χ0) is 34.8. The van der Waals surface area contributed by atoms with E-state index in [9.17, 15) is 15.0 Å². The van der Waals surface area contributed by atoms with Gasteiger partial charge in [0, 0.05) is 61.2 Å². The molecule has 4 unspecified atom stereocenters. The van der Waals surface area contributed by atoms with E-state index in [-0.39, 0.29) is 18.2 Å². The van der Waals surface area contributed by atoms with Crippen LogP contribution in [0, 0.1) is 11.8 Å². The van der Waals surface area contributed by atoms with E-state index in [1.165, 1.54) is 18.4 Å². The van der Waals surface area contributed by atoms with Gasteiger partial charge in [0.15, 0.2) is 0 Å². The van der Waals surface area contributed by atoms with Gasteiger partial charge in [-0.3, -0.25) is 4.79 Å². The Morgan fingerprint density at radius 3 is 2.02 bits per heavy atom. The van der Waals surface area contributed by atoms with Crippen LogP contribution in [-0.4, -0.2) is 78.6 Å². The number of aliphatic hydroxyl groups is 2. The lowest BCUT2D eigenvalue weighted by Crippen LogP contribution is -2.60. The van der Waals surface area contributed by atoms with Crippen molar-refractivity contribution in [2.24, 2.45) is 11.8 Å². The number of ether oxygens (including phenoxy) is 2. The number of quaternary nitrogens is 1. The third-order valence-corrected chi connectivity index (χ3v) is 12.2. The van der Waals surface area contributed by atoms with Crippen molar-refractivity contribution < 1.29 is 29.0 Å². The lowest BCUT2D eigenvalue weighted by atomic mass is 9.51. The Bertz CT molecular complexity index is 1700. The zero-order valence-corrected chi connectivity index (χ0v) is 29.4. The Labute approximate surface area is 296 Å². The Kier molecular flexibility index (Phi) is 9.75. The summed E-state index contributed by atoms with van der Waals surface area (Å²) < 4.78 is 12.4. The molecule has 0 bridgehead atoms. The summed E-state index contributed by atoms with van der Waals surface area (Å²) in [5.41, 5.74) is 1.68. The SMILES string of the molecule is COc1ccc(OC)c(C2(O)C(O)CC(c3ccccc3)(c3ccccc3)C3CN(C(=O)CCC[N+]4(Cc5ccccc5)CCCC4)CC32)c1. The maximum absolute atomic E-state index is 14.3. The molecule has 1 amide bonds. The average molecular weight is 676 g/mol. The molecule has 262 valence electrons. The normalized spacial score (nSPS) is 25.2.